The molecule has 2 heteroatoms. The van der Waals surface area contributed by atoms with Crippen LogP contribution >= 0.6 is 15.9 Å². The van der Waals surface area contributed by atoms with Gasteiger partial charge in [0.1, 0.15) is 0 Å². The Hall–Kier alpha value is -0.0800. The summed E-state index contributed by atoms with van der Waals surface area (Å²) in [6.07, 6.45) is 10.4. The molecule has 0 rings (SSSR count). The molecule has 1 nitrogen and oxygen atoms in total. The van der Waals surface area contributed by atoms with Crippen molar-refractivity contribution in [3.05, 3.63) is 24.3 Å². The van der Waals surface area contributed by atoms with Crippen LogP contribution in [0.4, 0.5) is 0 Å². The summed E-state index contributed by atoms with van der Waals surface area (Å²) in [5, 5.41) is 1.07. The van der Waals surface area contributed by atoms with Gasteiger partial charge in [-0.05, 0) is 19.8 Å². The van der Waals surface area contributed by atoms with Crippen molar-refractivity contribution in [2.75, 3.05) is 18.5 Å². The van der Waals surface area contributed by atoms with Crippen LogP contribution in [0.15, 0.2) is 24.3 Å². The Bertz CT molecular complexity index is 130. The van der Waals surface area contributed by atoms with Crippen molar-refractivity contribution in [2.45, 2.75) is 19.8 Å². The van der Waals surface area contributed by atoms with Gasteiger partial charge in [0, 0.05) is 11.9 Å². The van der Waals surface area contributed by atoms with Crippen LogP contribution in [0.25, 0.3) is 0 Å². The third kappa shape index (κ3) is 9.92. The van der Waals surface area contributed by atoms with Gasteiger partial charge in [-0.3, -0.25) is 0 Å². The molecule has 0 radical (unpaired) electrons. The number of halogens is 1. The van der Waals surface area contributed by atoms with Gasteiger partial charge in [-0.1, -0.05) is 40.2 Å². The largest absolute Gasteiger partial charge is 0.377 e. The molecule has 0 fully saturated rings. The standard InChI is InChI=1S/C10H17BrO/c1-2-3-4-6-9-12-10-7-5-8-11/h2-4,6H,5,7-10H2,1H3. The second-order valence-electron chi connectivity index (χ2n) is 2.42. The second-order valence-corrected chi connectivity index (χ2v) is 3.22. The van der Waals surface area contributed by atoms with Crippen molar-refractivity contribution in [2.24, 2.45) is 0 Å². The van der Waals surface area contributed by atoms with Crippen molar-refractivity contribution < 1.29 is 4.74 Å². The van der Waals surface area contributed by atoms with E-state index in [1.54, 1.807) is 0 Å². The molecule has 0 spiro atoms. The summed E-state index contributed by atoms with van der Waals surface area (Å²) in [4.78, 5) is 0. The van der Waals surface area contributed by atoms with Gasteiger partial charge in [0.25, 0.3) is 0 Å². The first-order chi connectivity index (χ1) is 5.91. The number of alkyl halides is 1. The first-order valence-electron chi connectivity index (χ1n) is 4.33. The molecule has 0 aromatic carbocycles. The fourth-order valence-corrected chi connectivity index (χ4v) is 1.09. The molecule has 0 saturated heterocycles. The SMILES string of the molecule is CC=CC=CCOCCCCBr. The van der Waals surface area contributed by atoms with Gasteiger partial charge >= 0.3 is 0 Å². The quantitative estimate of drug-likeness (QED) is 0.372. The highest BCUT2D eigenvalue weighted by Gasteiger charge is 1.84. The van der Waals surface area contributed by atoms with Crippen LogP contribution < -0.4 is 0 Å². The minimum Gasteiger partial charge on any atom is -0.377 e. The summed E-state index contributed by atoms with van der Waals surface area (Å²) in [5.74, 6) is 0. The zero-order valence-corrected chi connectivity index (χ0v) is 9.22. The van der Waals surface area contributed by atoms with Crippen molar-refractivity contribution >= 4 is 15.9 Å². The number of unbranched alkanes of at least 4 members (excludes halogenated alkanes) is 1. The third-order valence-corrected chi connectivity index (χ3v) is 1.89. The summed E-state index contributed by atoms with van der Waals surface area (Å²) in [6, 6.07) is 0. The summed E-state index contributed by atoms with van der Waals surface area (Å²) in [5.41, 5.74) is 0. The molecule has 0 aromatic heterocycles. The molecule has 12 heavy (non-hydrogen) atoms. The highest BCUT2D eigenvalue weighted by atomic mass is 79.9. The van der Waals surface area contributed by atoms with Gasteiger partial charge in [0.2, 0.25) is 0 Å². The van der Waals surface area contributed by atoms with E-state index in [0.29, 0.717) is 0 Å². The molecule has 0 saturated carbocycles. The number of hydrogen-bond donors (Lipinski definition) is 0. The Balaban J connectivity index is 3.00. The molecule has 0 N–H and O–H groups in total. The predicted octanol–water partition coefficient (Wildman–Crippen LogP) is 3.31. The van der Waals surface area contributed by atoms with E-state index in [9.17, 15) is 0 Å². The van der Waals surface area contributed by atoms with Crippen LogP contribution in [-0.2, 0) is 4.74 Å². The fraction of sp³-hybridized carbons (Fsp3) is 0.600. The molecule has 0 amide bonds. The topological polar surface area (TPSA) is 9.23 Å². The van der Waals surface area contributed by atoms with Gasteiger partial charge in [0.15, 0.2) is 0 Å². The Morgan fingerprint density at radius 2 is 2.08 bits per heavy atom. The van der Waals surface area contributed by atoms with Crippen molar-refractivity contribution in [1.82, 2.24) is 0 Å². The van der Waals surface area contributed by atoms with Crippen LogP contribution in [0, 0.1) is 0 Å². The van der Waals surface area contributed by atoms with Gasteiger partial charge < -0.3 is 4.74 Å². The van der Waals surface area contributed by atoms with E-state index in [4.69, 9.17) is 4.74 Å². The molecule has 0 unspecified atom stereocenters. The Morgan fingerprint density at radius 3 is 2.75 bits per heavy atom. The molecule has 70 valence electrons. The maximum Gasteiger partial charge on any atom is 0.0650 e. The molecule has 0 heterocycles. The van der Waals surface area contributed by atoms with Crippen LogP contribution in [-0.4, -0.2) is 18.5 Å². The molecule has 0 aliphatic rings. The smallest absolute Gasteiger partial charge is 0.0650 e. The minimum absolute atomic E-state index is 0.729. The van der Waals surface area contributed by atoms with Crippen molar-refractivity contribution in [3.63, 3.8) is 0 Å². The van der Waals surface area contributed by atoms with E-state index in [1.807, 2.05) is 31.2 Å². The maximum absolute atomic E-state index is 5.34. The first-order valence-corrected chi connectivity index (χ1v) is 5.45. The van der Waals surface area contributed by atoms with E-state index >= 15 is 0 Å². The van der Waals surface area contributed by atoms with Crippen molar-refractivity contribution in [3.8, 4) is 0 Å². The highest BCUT2D eigenvalue weighted by molar-refractivity contribution is 9.09. The minimum atomic E-state index is 0.729. The molecule has 0 aliphatic heterocycles. The molecular weight excluding hydrogens is 216 g/mol. The second kappa shape index (κ2) is 10.9. The van der Waals surface area contributed by atoms with Gasteiger partial charge in [-0.25, -0.2) is 0 Å². The lowest BCUT2D eigenvalue weighted by Gasteiger charge is -1.97. The molecular formula is C10H17BrO. The van der Waals surface area contributed by atoms with Gasteiger partial charge in [-0.2, -0.15) is 0 Å². The number of allylic oxidation sites excluding steroid dienone is 3. The van der Waals surface area contributed by atoms with Gasteiger partial charge in [-0.15, -0.1) is 0 Å². The first kappa shape index (κ1) is 11.9. The van der Waals surface area contributed by atoms with E-state index in [1.165, 1.54) is 6.42 Å². The Kier molecular flexibility index (Phi) is 10.8. The van der Waals surface area contributed by atoms with Gasteiger partial charge in [0.05, 0.1) is 6.61 Å². The lowest BCUT2D eigenvalue weighted by atomic mass is 10.4. The number of ether oxygens (including phenoxy) is 1. The fourth-order valence-electron chi connectivity index (χ4n) is 0.695. The molecule has 0 atom stereocenters. The molecule has 0 aromatic rings. The zero-order chi connectivity index (χ0) is 9.07. The maximum atomic E-state index is 5.34. The van der Waals surface area contributed by atoms with Crippen LogP contribution in [0.1, 0.15) is 19.8 Å². The van der Waals surface area contributed by atoms with E-state index in [-0.39, 0.29) is 0 Å². The lowest BCUT2D eigenvalue weighted by Crippen LogP contribution is -1.94. The predicted molar refractivity (Wildman–Crippen MR) is 57.8 cm³/mol. The lowest BCUT2D eigenvalue weighted by molar-refractivity contribution is 0.159. The van der Waals surface area contributed by atoms with Crippen LogP contribution in [0.2, 0.25) is 0 Å². The third-order valence-electron chi connectivity index (χ3n) is 1.33. The monoisotopic (exact) mass is 232 g/mol. The molecule has 0 aliphatic carbocycles. The average molecular weight is 233 g/mol. The summed E-state index contributed by atoms with van der Waals surface area (Å²) in [7, 11) is 0. The summed E-state index contributed by atoms with van der Waals surface area (Å²) in [6.45, 7) is 3.60. The van der Waals surface area contributed by atoms with E-state index < -0.39 is 0 Å². The number of hydrogen-bond acceptors (Lipinski definition) is 1. The van der Waals surface area contributed by atoms with Crippen LogP contribution in [0.3, 0.4) is 0 Å². The number of rotatable bonds is 7. The summed E-state index contributed by atoms with van der Waals surface area (Å²) < 4.78 is 5.34. The van der Waals surface area contributed by atoms with Crippen molar-refractivity contribution in [1.29, 1.82) is 0 Å². The highest BCUT2D eigenvalue weighted by Crippen LogP contribution is 1.94. The molecule has 0 bridgehead atoms. The Morgan fingerprint density at radius 1 is 1.25 bits per heavy atom. The van der Waals surface area contributed by atoms with E-state index in [0.717, 1.165) is 25.0 Å². The normalized spacial score (nSPS) is 11.8. The van der Waals surface area contributed by atoms with E-state index in [2.05, 4.69) is 15.9 Å². The summed E-state index contributed by atoms with van der Waals surface area (Å²) >= 11 is 3.37. The average Bonchev–Trinajstić information content (AvgIpc) is 2.10. The van der Waals surface area contributed by atoms with Crippen LogP contribution in [0.5, 0.6) is 0 Å². The zero-order valence-electron chi connectivity index (χ0n) is 7.63. The Labute approximate surface area is 83.6 Å².